The molecule has 32 heavy (non-hydrogen) atoms. The molecule has 6 heteroatoms. The Morgan fingerprint density at radius 1 is 0.969 bits per heavy atom. The minimum atomic E-state index is -0.524. The van der Waals surface area contributed by atoms with E-state index in [0.29, 0.717) is 39.8 Å². The zero-order chi connectivity index (χ0) is 22.8. The number of hydrogen-bond donors (Lipinski definition) is 2. The number of fused-ring (bicyclic) bond motifs is 1. The fraction of sp³-hybridized carbons (Fsp3) is 0.154. The monoisotopic (exact) mass is 430 g/mol. The van der Waals surface area contributed by atoms with Crippen molar-refractivity contribution in [3.8, 4) is 17.2 Å². The number of carbonyl (C=O) groups is 2. The van der Waals surface area contributed by atoms with Crippen LogP contribution in [0.25, 0.3) is 11.0 Å². The summed E-state index contributed by atoms with van der Waals surface area (Å²) in [4.78, 5) is 25.5. The Labute approximate surface area is 184 Å². The normalized spacial score (nSPS) is 10.9. The van der Waals surface area contributed by atoms with Gasteiger partial charge in [-0.2, -0.15) is 0 Å². The number of ketones is 1. The second-order valence-corrected chi connectivity index (χ2v) is 7.54. The van der Waals surface area contributed by atoms with E-state index < -0.39 is 5.97 Å². The number of carbonyl (C=O) groups excluding carboxylic acids is 2. The van der Waals surface area contributed by atoms with E-state index in [1.165, 1.54) is 18.2 Å². The Bertz CT molecular complexity index is 1320. The van der Waals surface area contributed by atoms with E-state index in [1.54, 1.807) is 19.1 Å². The third-order valence-electron chi connectivity index (χ3n) is 5.26. The molecule has 1 heterocycles. The molecule has 0 fully saturated rings. The van der Waals surface area contributed by atoms with Gasteiger partial charge in [0, 0.05) is 23.4 Å². The van der Waals surface area contributed by atoms with Crippen LogP contribution in [0.3, 0.4) is 0 Å². The van der Waals surface area contributed by atoms with Crippen molar-refractivity contribution in [1.82, 2.24) is 0 Å². The number of phenolic OH excluding ortho intramolecular Hbond substituents is 2. The molecule has 0 amide bonds. The van der Waals surface area contributed by atoms with Gasteiger partial charge in [0.15, 0.2) is 17.3 Å². The van der Waals surface area contributed by atoms with Crippen LogP contribution < -0.4 is 4.74 Å². The van der Waals surface area contributed by atoms with Gasteiger partial charge in [-0.3, -0.25) is 9.59 Å². The minimum absolute atomic E-state index is 0.0330. The summed E-state index contributed by atoms with van der Waals surface area (Å²) in [5, 5.41) is 20.7. The third kappa shape index (κ3) is 4.07. The maximum atomic E-state index is 13.2. The minimum Gasteiger partial charge on any atom is -0.508 e. The van der Waals surface area contributed by atoms with Gasteiger partial charge in [-0.25, -0.2) is 0 Å². The number of aromatic hydroxyl groups is 2. The zero-order valence-corrected chi connectivity index (χ0v) is 17.7. The van der Waals surface area contributed by atoms with Crippen LogP contribution in [0.1, 0.15) is 39.7 Å². The third-order valence-corrected chi connectivity index (χ3v) is 5.26. The molecule has 6 nitrogen and oxygen atoms in total. The summed E-state index contributed by atoms with van der Waals surface area (Å²) in [5.74, 6) is -0.537. The van der Waals surface area contributed by atoms with Crippen molar-refractivity contribution >= 4 is 22.7 Å². The lowest BCUT2D eigenvalue weighted by molar-refractivity contribution is -0.133. The summed E-state index contributed by atoms with van der Waals surface area (Å²) in [5.41, 5.74) is 2.44. The Balaban J connectivity index is 1.68. The topological polar surface area (TPSA) is 97.0 Å². The molecule has 0 spiro atoms. The van der Waals surface area contributed by atoms with Crippen molar-refractivity contribution in [3.63, 3.8) is 0 Å². The predicted molar refractivity (Wildman–Crippen MR) is 119 cm³/mol. The standard InChI is InChI=1S/C26H22O6/c1-3-21-25(26(30)17-9-10-19(27)15(2)11-17)18-13-20(28)23(14-22(18)31-21)32-24(29)12-16-7-5-4-6-8-16/h4-11,13-14,27-28H,3,12H2,1-2H3. The first-order chi connectivity index (χ1) is 15.4. The van der Waals surface area contributed by atoms with E-state index >= 15 is 0 Å². The summed E-state index contributed by atoms with van der Waals surface area (Å²) >= 11 is 0. The van der Waals surface area contributed by atoms with Crippen LogP contribution in [-0.4, -0.2) is 22.0 Å². The van der Waals surface area contributed by atoms with E-state index in [4.69, 9.17) is 9.15 Å². The van der Waals surface area contributed by atoms with Gasteiger partial charge >= 0.3 is 5.97 Å². The van der Waals surface area contributed by atoms with Crippen molar-refractivity contribution in [3.05, 3.63) is 88.7 Å². The quantitative estimate of drug-likeness (QED) is 0.251. The highest BCUT2D eigenvalue weighted by Gasteiger charge is 2.24. The molecule has 0 aliphatic heterocycles. The van der Waals surface area contributed by atoms with Crippen LogP contribution >= 0.6 is 0 Å². The number of aryl methyl sites for hydroxylation is 2. The maximum absolute atomic E-state index is 13.2. The predicted octanol–water partition coefficient (Wildman–Crippen LogP) is 5.09. The molecule has 162 valence electrons. The average Bonchev–Trinajstić information content (AvgIpc) is 3.13. The summed E-state index contributed by atoms with van der Waals surface area (Å²) in [6.07, 6.45) is 0.511. The van der Waals surface area contributed by atoms with Gasteiger partial charge < -0.3 is 19.4 Å². The highest BCUT2D eigenvalue weighted by atomic mass is 16.5. The lowest BCUT2D eigenvalue weighted by Gasteiger charge is -2.07. The molecular formula is C26H22O6. The maximum Gasteiger partial charge on any atom is 0.315 e. The molecule has 4 rings (SSSR count). The summed E-state index contributed by atoms with van der Waals surface area (Å²) < 4.78 is 11.2. The second kappa shape index (κ2) is 8.59. The SMILES string of the molecule is CCc1oc2cc(OC(=O)Cc3ccccc3)c(O)cc2c1C(=O)c1ccc(O)c(C)c1. The van der Waals surface area contributed by atoms with Crippen LogP contribution in [-0.2, 0) is 17.6 Å². The number of benzene rings is 3. The van der Waals surface area contributed by atoms with Gasteiger partial charge in [0.25, 0.3) is 0 Å². The zero-order valence-electron chi connectivity index (χ0n) is 17.7. The largest absolute Gasteiger partial charge is 0.508 e. The number of rotatable bonds is 6. The number of furan rings is 1. The molecule has 1 aromatic heterocycles. The first kappa shape index (κ1) is 21.2. The molecule has 0 saturated heterocycles. The highest BCUT2D eigenvalue weighted by molar-refractivity contribution is 6.17. The Kier molecular flexibility index (Phi) is 5.69. The Morgan fingerprint density at radius 3 is 2.41 bits per heavy atom. The number of phenols is 2. The van der Waals surface area contributed by atoms with Gasteiger partial charge in [-0.1, -0.05) is 37.3 Å². The fourth-order valence-corrected chi connectivity index (χ4v) is 3.61. The molecule has 0 aliphatic rings. The lowest BCUT2D eigenvalue weighted by Crippen LogP contribution is -2.11. The summed E-state index contributed by atoms with van der Waals surface area (Å²) in [7, 11) is 0. The molecule has 4 aromatic rings. The van der Waals surface area contributed by atoms with Crippen molar-refractivity contribution in [2.75, 3.05) is 0 Å². The molecule has 0 unspecified atom stereocenters. The average molecular weight is 430 g/mol. The van der Waals surface area contributed by atoms with Crippen LogP contribution in [0, 0.1) is 6.92 Å². The van der Waals surface area contributed by atoms with Crippen molar-refractivity contribution in [2.45, 2.75) is 26.7 Å². The molecule has 3 aromatic carbocycles. The molecule has 0 radical (unpaired) electrons. The van der Waals surface area contributed by atoms with Gasteiger partial charge in [0.1, 0.15) is 17.1 Å². The summed E-state index contributed by atoms with van der Waals surface area (Å²) in [6, 6.07) is 16.6. The summed E-state index contributed by atoms with van der Waals surface area (Å²) in [6.45, 7) is 3.57. The van der Waals surface area contributed by atoms with Crippen LogP contribution in [0.15, 0.2) is 65.1 Å². The van der Waals surface area contributed by atoms with Gasteiger partial charge in [0.2, 0.25) is 0 Å². The van der Waals surface area contributed by atoms with E-state index in [-0.39, 0.29) is 29.5 Å². The molecule has 0 atom stereocenters. The first-order valence-electron chi connectivity index (χ1n) is 10.2. The molecule has 2 N–H and O–H groups in total. The fourth-order valence-electron chi connectivity index (χ4n) is 3.61. The van der Waals surface area contributed by atoms with Crippen LogP contribution in [0.5, 0.6) is 17.2 Å². The Hall–Kier alpha value is -4.06. The number of esters is 1. The van der Waals surface area contributed by atoms with E-state index in [1.807, 2.05) is 37.3 Å². The highest BCUT2D eigenvalue weighted by Crippen LogP contribution is 2.37. The molecule has 0 aliphatic carbocycles. The van der Waals surface area contributed by atoms with E-state index in [9.17, 15) is 19.8 Å². The first-order valence-corrected chi connectivity index (χ1v) is 10.2. The molecule has 0 bridgehead atoms. The van der Waals surface area contributed by atoms with Crippen LogP contribution in [0.4, 0.5) is 0 Å². The smallest absolute Gasteiger partial charge is 0.315 e. The van der Waals surface area contributed by atoms with E-state index in [2.05, 4.69) is 0 Å². The van der Waals surface area contributed by atoms with Crippen LogP contribution in [0.2, 0.25) is 0 Å². The molecular weight excluding hydrogens is 408 g/mol. The van der Waals surface area contributed by atoms with E-state index in [0.717, 1.165) is 5.56 Å². The molecule has 0 saturated carbocycles. The van der Waals surface area contributed by atoms with Crippen molar-refractivity contribution < 1.29 is 29.0 Å². The van der Waals surface area contributed by atoms with Gasteiger partial charge in [0.05, 0.1) is 12.0 Å². The van der Waals surface area contributed by atoms with Gasteiger partial charge in [-0.05, 0) is 42.3 Å². The second-order valence-electron chi connectivity index (χ2n) is 7.54. The Morgan fingerprint density at radius 2 is 1.72 bits per heavy atom. The number of ether oxygens (including phenoxy) is 1. The van der Waals surface area contributed by atoms with Gasteiger partial charge in [-0.15, -0.1) is 0 Å². The number of hydrogen-bond acceptors (Lipinski definition) is 6. The van der Waals surface area contributed by atoms with Crippen molar-refractivity contribution in [2.24, 2.45) is 0 Å². The van der Waals surface area contributed by atoms with Crippen molar-refractivity contribution in [1.29, 1.82) is 0 Å². The lowest BCUT2D eigenvalue weighted by atomic mass is 9.97.